The summed E-state index contributed by atoms with van der Waals surface area (Å²) in [4.78, 5) is 8.47. The lowest BCUT2D eigenvalue weighted by Crippen LogP contribution is -1.98. The number of hydrogen-bond donors (Lipinski definition) is 0. The maximum Gasteiger partial charge on any atom is 0.181 e. The van der Waals surface area contributed by atoms with E-state index in [9.17, 15) is 0 Å². The number of nitrogens with zero attached hydrogens (tertiary/aromatic N) is 2. The maximum absolute atomic E-state index is 5.43. The average molecular weight is 277 g/mol. The van der Waals surface area contributed by atoms with E-state index in [1.165, 1.54) is 6.39 Å². The summed E-state index contributed by atoms with van der Waals surface area (Å²) in [6.07, 6.45) is 7.32. The molecule has 1 radical (unpaired) electrons. The van der Waals surface area contributed by atoms with Crippen LogP contribution >= 0.6 is 0 Å². The van der Waals surface area contributed by atoms with E-state index in [1.54, 1.807) is 6.20 Å². The molecule has 0 aliphatic carbocycles. The number of oxazole rings is 1. The van der Waals surface area contributed by atoms with Crippen LogP contribution in [0.15, 0.2) is 53.4 Å². The zero-order valence-corrected chi connectivity index (χ0v) is 12.2. The van der Waals surface area contributed by atoms with Crippen LogP contribution in [0.2, 0.25) is 0 Å². The second-order valence-electron chi connectivity index (χ2n) is 5.12. The van der Waals surface area contributed by atoms with Gasteiger partial charge >= 0.3 is 0 Å². The Labute approximate surface area is 124 Å². The van der Waals surface area contributed by atoms with E-state index in [2.05, 4.69) is 48.2 Å². The molecule has 0 saturated heterocycles. The fourth-order valence-corrected chi connectivity index (χ4v) is 2.27. The maximum atomic E-state index is 5.43. The van der Waals surface area contributed by atoms with E-state index < -0.39 is 0 Å². The monoisotopic (exact) mass is 277 g/mol. The van der Waals surface area contributed by atoms with Crippen LogP contribution in [0.5, 0.6) is 0 Å². The number of hydrogen-bond acceptors (Lipinski definition) is 3. The van der Waals surface area contributed by atoms with E-state index in [4.69, 9.17) is 4.42 Å². The minimum Gasteiger partial charge on any atom is -0.443 e. The van der Waals surface area contributed by atoms with Crippen LogP contribution in [0.1, 0.15) is 31.9 Å². The first-order valence-electron chi connectivity index (χ1n) is 7.16. The Morgan fingerprint density at radius 2 is 2.05 bits per heavy atom. The van der Waals surface area contributed by atoms with Crippen molar-refractivity contribution in [3.63, 3.8) is 0 Å². The predicted octanol–water partition coefficient (Wildman–Crippen LogP) is 4.72. The molecule has 1 atom stereocenters. The summed E-state index contributed by atoms with van der Waals surface area (Å²) < 4.78 is 5.43. The Morgan fingerprint density at radius 1 is 1.24 bits per heavy atom. The smallest absolute Gasteiger partial charge is 0.181 e. The molecule has 0 saturated carbocycles. The zero-order valence-electron chi connectivity index (χ0n) is 12.2. The van der Waals surface area contributed by atoms with Crippen LogP contribution in [-0.4, -0.2) is 9.97 Å². The Morgan fingerprint density at radius 3 is 2.71 bits per heavy atom. The molecule has 2 heterocycles. The van der Waals surface area contributed by atoms with Crippen molar-refractivity contribution in [3.05, 3.63) is 60.9 Å². The summed E-state index contributed by atoms with van der Waals surface area (Å²) in [6.45, 7) is 4.35. The first-order valence-corrected chi connectivity index (χ1v) is 7.16. The molecule has 0 aliphatic rings. The summed E-state index contributed by atoms with van der Waals surface area (Å²) in [5, 5.41) is 0. The molecule has 1 unspecified atom stereocenters. The Hall–Kier alpha value is -2.42. The number of pyridine rings is 1. The van der Waals surface area contributed by atoms with E-state index in [-0.39, 0.29) is 0 Å². The third-order valence-electron chi connectivity index (χ3n) is 3.74. The highest BCUT2D eigenvalue weighted by Crippen LogP contribution is 2.33. The van der Waals surface area contributed by atoms with Gasteiger partial charge < -0.3 is 4.42 Å². The van der Waals surface area contributed by atoms with Crippen LogP contribution in [0, 0.1) is 6.20 Å². The van der Waals surface area contributed by atoms with Crippen LogP contribution in [-0.2, 0) is 0 Å². The molecular weight excluding hydrogens is 260 g/mol. The molecule has 105 valence electrons. The fraction of sp³-hybridized carbons (Fsp3) is 0.222. The third-order valence-corrected chi connectivity index (χ3v) is 3.74. The highest BCUT2D eigenvalue weighted by atomic mass is 16.3. The molecule has 3 heteroatoms. The van der Waals surface area contributed by atoms with Crippen LogP contribution in [0.25, 0.3) is 22.5 Å². The number of aromatic nitrogens is 2. The zero-order chi connectivity index (χ0) is 14.7. The van der Waals surface area contributed by atoms with E-state index in [0.717, 1.165) is 28.8 Å². The van der Waals surface area contributed by atoms with Crippen LogP contribution in [0.3, 0.4) is 0 Å². The van der Waals surface area contributed by atoms with Crippen molar-refractivity contribution < 1.29 is 4.42 Å². The van der Waals surface area contributed by atoms with Crippen molar-refractivity contribution in [2.75, 3.05) is 0 Å². The van der Waals surface area contributed by atoms with Gasteiger partial charge in [-0.25, -0.2) is 4.98 Å². The molecule has 0 aliphatic heterocycles. The standard InChI is InChI=1S/C18H17N2O/c1-3-13(2)17-9-15(14-7-5-4-6-8-14)16(10-20-17)18-11-19-12-21-18/h4-9,11-13H,3H2,1-2H3. The van der Waals surface area contributed by atoms with Gasteiger partial charge in [0, 0.05) is 5.69 Å². The number of rotatable bonds is 4. The number of benzene rings is 1. The molecule has 3 rings (SSSR count). The van der Waals surface area contributed by atoms with E-state index >= 15 is 0 Å². The lowest BCUT2D eigenvalue weighted by Gasteiger charge is -2.12. The molecule has 2 aromatic heterocycles. The SMILES string of the molecule is CCC(C)c1cc(-c2ccccc2)c(-c2cnco2)[c]n1. The fourth-order valence-electron chi connectivity index (χ4n) is 2.27. The van der Waals surface area contributed by atoms with Crippen molar-refractivity contribution in [1.82, 2.24) is 9.97 Å². The minimum atomic E-state index is 0.410. The lowest BCUT2D eigenvalue weighted by molar-refractivity contribution is 0.571. The highest BCUT2D eigenvalue weighted by Gasteiger charge is 2.14. The minimum absolute atomic E-state index is 0.410. The molecule has 0 spiro atoms. The molecule has 3 nitrogen and oxygen atoms in total. The van der Waals surface area contributed by atoms with Crippen molar-refractivity contribution in [2.24, 2.45) is 0 Å². The Bertz CT molecular complexity index is 705. The van der Waals surface area contributed by atoms with Gasteiger partial charge in [0.15, 0.2) is 12.2 Å². The summed E-state index contributed by atoms with van der Waals surface area (Å²) in [5.41, 5.74) is 4.12. The quantitative estimate of drug-likeness (QED) is 0.692. The average Bonchev–Trinajstić information content (AvgIpc) is 3.08. The third kappa shape index (κ3) is 2.72. The molecule has 1 aromatic carbocycles. The molecule has 0 amide bonds. The Kier molecular flexibility index (Phi) is 3.82. The summed E-state index contributed by atoms with van der Waals surface area (Å²) in [5.74, 6) is 1.10. The second kappa shape index (κ2) is 5.92. The second-order valence-corrected chi connectivity index (χ2v) is 5.12. The van der Waals surface area contributed by atoms with Crippen molar-refractivity contribution in [1.29, 1.82) is 0 Å². The summed E-state index contributed by atoms with van der Waals surface area (Å²) in [6, 6.07) is 12.4. The topological polar surface area (TPSA) is 38.9 Å². The molecule has 0 fully saturated rings. The van der Waals surface area contributed by atoms with Crippen molar-refractivity contribution in [3.8, 4) is 22.5 Å². The predicted molar refractivity (Wildman–Crippen MR) is 82.7 cm³/mol. The van der Waals surface area contributed by atoms with Gasteiger partial charge in [-0.05, 0) is 29.5 Å². The normalized spacial score (nSPS) is 12.3. The van der Waals surface area contributed by atoms with Crippen LogP contribution < -0.4 is 0 Å². The van der Waals surface area contributed by atoms with Gasteiger partial charge in [0.1, 0.15) is 6.20 Å². The van der Waals surface area contributed by atoms with Crippen molar-refractivity contribution in [2.45, 2.75) is 26.2 Å². The molecular formula is C18H17N2O. The molecule has 21 heavy (non-hydrogen) atoms. The highest BCUT2D eigenvalue weighted by molar-refractivity contribution is 5.80. The molecule has 0 bridgehead atoms. The first-order chi connectivity index (χ1) is 10.3. The van der Waals surface area contributed by atoms with Gasteiger partial charge in [-0.1, -0.05) is 44.2 Å². The Balaban J connectivity index is 2.17. The van der Waals surface area contributed by atoms with Gasteiger partial charge in [-0.15, -0.1) is 0 Å². The van der Waals surface area contributed by atoms with Gasteiger partial charge in [0.05, 0.1) is 11.8 Å². The largest absolute Gasteiger partial charge is 0.443 e. The first kappa shape index (κ1) is 13.6. The lowest BCUT2D eigenvalue weighted by atomic mass is 9.95. The van der Waals surface area contributed by atoms with E-state index in [0.29, 0.717) is 11.7 Å². The van der Waals surface area contributed by atoms with E-state index in [1.807, 2.05) is 18.2 Å². The van der Waals surface area contributed by atoms with Gasteiger partial charge in [-0.3, -0.25) is 4.98 Å². The molecule has 3 aromatic rings. The summed E-state index contributed by atoms with van der Waals surface area (Å²) >= 11 is 0. The van der Waals surface area contributed by atoms with Crippen LogP contribution in [0.4, 0.5) is 0 Å². The van der Waals surface area contributed by atoms with Gasteiger partial charge in [-0.2, -0.15) is 0 Å². The van der Waals surface area contributed by atoms with Gasteiger partial charge in [0.2, 0.25) is 0 Å². The molecule has 0 N–H and O–H groups in total. The van der Waals surface area contributed by atoms with Gasteiger partial charge in [0.25, 0.3) is 0 Å². The summed E-state index contributed by atoms with van der Waals surface area (Å²) in [7, 11) is 0. The van der Waals surface area contributed by atoms with Crippen molar-refractivity contribution >= 4 is 0 Å².